The fraction of sp³-hybridized carbons (Fsp3) is 0.514. The second-order valence-electron chi connectivity index (χ2n) is 12.0. The fourth-order valence-electron chi connectivity index (χ4n) is 5.77. The minimum Gasteiger partial charge on any atom is -0.487 e. The molecule has 2 aromatic carbocycles. The van der Waals surface area contributed by atoms with Crippen molar-refractivity contribution in [3.05, 3.63) is 87.2 Å². The second kappa shape index (κ2) is 14.0. The van der Waals surface area contributed by atoms with Crippen LogP contribution in [0.15, 0.2) is 42.5 Å². The van der Waals surface area contributed by atoms with E-state index in [4.69, 9.17) is 33.4 Å². The molecule has 3 aromatic rings. The van der Waals surface area contributed by atoms with Crippen molar-refractivity contribution in [1.29, 1.82) is 0 Å². The highest BCUT2D eigenvalue weighted by molar-refractivity contribution is 5.45. The van der Waals surface area contributed by atoms with E-state index in [1.54, 1.807) is 0 Å². The number of hydrogen-bond acceptors (Lipinski definition) is 7. The first-order valence-electron chi connectivity index (χ1n) is 15.1. The van der Waals surface area contributed by atoms with E-state index in [1.165, 1.54) is 0 Å². The maximum Gasteiger partial charge on any atom is 0.130 e. The van der Waals surface area contributed by atoms with Crippen LogP contribution in [-0.2, 0) is 58.6 Å². The van der Waals surface area contributed by atoms with Crippen LogP contribution in [0.2, 0.25) is 0 Å². The molecule has 0 saturated carbocycles. The van der Waals surface area contributed by atoms with Crippen LogP contribution in [0.4, 0.5) is 0 Å². The Morgan fingerprint density at radius 2 is 0.857 bits per heavy atom. The molecule has 0 spiro atoms. The zero-order chi connectivity index (χ0) is 29.6. The van der Waals surface area contributed by atoms with Gasteiger partial charge < -0.3 is 28.4 Å². The van der Waals surface area contributed by atoms with E-state index in [0.29, 0.717) is 39.6 Å². The third-order valence-corrected chi connectivity index (χ3v) is 7.79. The fourth-order valence-corrected chi connectivity index (χ4v) is 5.77. The monoisotopic (exact) mass is 575 g/mol. The molecule has 4 bridgehead atoms. The Balaban J connectivity index is 1.60. The molecule has 7 heteroatoms. The number of aromatic nitrogens is 1. The minimum atomic E-state index is -0.00501. The Morgan fingerprint density at radius 3 is 1.19 bits per heavy atom. The summed E-state index contributed by atoms with van der Waals surface area (Å²) in [7, 11) is 0. The van der Waals surface area contributed by atoms with Crippen LogP contribution in [0.25, 0.3) is 0 Å². The summed E-state index contributed by atoms with van der Waals surface area (Å²) >= 11 is 0. The van der Waals surface area contributed by atoms with Crippen LogP contribution in [-0.4, -0.2) is 29.4 Å². The summed E-state index contributed by atoms with van der Waals surface area (Å²) in [6.45, 7) is 15.0. The summed E-state index contributed by atoms with van der Waals surface area (Å²) in [5.41, 5.74) is 7.96. The van der Waals surface area contributed by atoms with Crippen molar-refractivity contribution >= 4 is 0 Å². The van der Waals surface area contributed by atoms with Gasteiger partial charge in [0.25, 0.3) is 0 Å². The molecule has 2 aliphatic rings. The van der Waals surface area contributed by atoms with Gasteiger partial charge in [-0.25, -0.2) is 0 Å². The molecule has 5 rings (SSSR count). The van der Waals surface area contributed by atoms with Crippen molar-refractivity contribution in [2.24, 2.45) is 0 Å². The maximum atomic E-state index is 6.51. The molecule has 42 heavy (non-hydrogen) atoms. The first-order valence-corrected chi connectivity index (χ1v) is 15.1. The minimum absolute atomic E-state index is 0.00501. The highest BCUT2D eigenvalue weighted by Crippen LogP contribution is 2.32. The molecule has 7 nitrogen and oxygen atoms in total. The molecular formula is C35H45NO6. The standard InChI is InChI=1S/C35H45NO6/c1-22-10-28-16-37-24(3)14-26(5)39-18-30-12-23(2)13-31-19-40-27(6)15-25(4)38-17-29(11-22)34(28)41-20-32-8-7-9-33(36-32)21-42-35(30)31/h7-13,24-27H,14-21H2,1-6H3/t24-,25-,26-,27-/m1/s1. The summed E-state index contributed by atoms with van der Waals surface area (Å²) < 4.78 is 38.5. The number of rotatable bonds is 0. The Bertz CT molecular complexity index is 1190. The van der Waals surface area contributed by atoms with E-state index in [1.807, 2.05) is 18.2 Å². The predicted octanol–water partition coefficient (Wildman–Crippen LogP) is 7.28. The van der Waals surface area contributed by atoms with Gasteiger partial charge in [0.15, 0.2) is 0 Å². The highest BCUT2D eigenvalue weighted by atomic mass is 16.5. The van der Waals surface area contributed by atoms with Crippen molar-refractivity contribution in [1.82, 2.24) is 4.98 Å². The molecule has 2 aliphatic heterocycles. The number of nitrogens with zero attached hydrogens (tertiary/aromatic N) is 1. The van der Waals surface area contributed by atoms with Gasteiger partial charge in [0.1, 0.15) is 24.7 Å². The number of pyridine rings is 1. The third kappa shape index (κ3) is 8.10. The normalized spacial score (nSPS) is 24.1. The van der Waals surface area contributed by atoms with Crippen LogP contribution < -0.4 is 9.47 Å². The number of aryl methyl sites for hydroxylation is 2. The zero-order valence-corrected chi connectivity index (χ0v) is 25.9. The van der Waals surface area contributed by atoms with Crippen molar-refractivity contribution in [2.45, 2.75) is 118 Å². The van der Waals surface area contributed by atoms with Crippen molar-refractivity contribution in [2.75, 3.05) is 0 Å². The number of hydrogen-bond donors (Lipinski definition) is 0. The Labute approximate surface area is 250 Å². The maximum absolute atomic E-state index is 6.51. The number of benzene rings is 2. The third-order valence-electron chi connectivity index (χ3n) is 7.79. The van der Waals surface area contributed by atoms with Gasteiger partial charge in [-0.05, 0) is 66.5 Å². The van der Waals surface area contributed by atoms with E-state index in [2.05, 4.69) is 65.8 Å². The molecule has 226 valence electrons. The molecule has 0 saturated heterocycles. The van der Waals surface area contributed by atoms with Gasteiger partial charge in [0.05, 0.1) is 62.2 Å². The summed E-state index contributed by atoms with van der Waals surface area (Å²) in [6.07, 6.45) is 1.51. The summed E-state index contributed by atoms with van der Waals surface area (Å²) in [5.74, 6) is 1.60. The molecular weight excluding hydrogens is 530 g/mol. The Hall–Kier alpha value is -2.97. The van der Waals surface area contributed by atoms with Crippen LogP contribution >= 0.6 is 0 Å². The van der Waals surface area contributed by atoms with Gasteiger partial charge in [-0.15, -0.1) is 0 Å². The van der Waals surface area contributed by atoms with Crippen LogP contribution in [0.3, 0.4) is 0 Å². The number of fused-ring (bicyclic) bond motifs is 2. The van der Waals surface area contributed by atoms with Gasteiger partial charge in [-0.2, -0.15) is 0 Å². The van der Waals surface area contributed by atoms with E-state index in [-0.39, 0.29) is 24.4 Å². The largest absolute Gasteiger partial charge is 0.487 e. The lowest BCUT2D eigenvalue weighted by Gasteiger charge is -2.24. The molecule has 0 radical (unpaired) electrons. The predicted molar refractivity (Wildman–Crippen MR) is 161 cm³/mol. The van der Waals surface area contributed by atoms with Gasteiger partial charge >= 0.3 is 0 Å². The Kier molecular flexibility index (Phi) is 10.2. The van der Waals surface area contributed by atoms with Gasteiger partial charge in [-0.1, -0.05) is 41.5 Å². The summed E-state index contributed by atoms with van der Waals surface area (Å²) in [4.78, 5) is 4.87. The topological polar surface area (TPSA) is 68.3 Å². The quantitative estimate of drug-likeness (QED) is 0.279. The van der Waals surface area contributed by atoms with Crippen molar-refractivity contribution < 1.29 is 28.4 Å². The summed E-state index contributed by atoms with van der Waals surface area (Å²) in [5, 5.41) is 0. The van der Waals surface area contributed by atoms with Gasteiger partial charge in [-0.3, -0.25) is 4.98 Å². The van der Waals surface area contributed by atoms with E-state index < -0.39 is 0 Å². The van der Waals surface area contributed by atoms with Crippen LogP contribution in [0.5, 0.6) is 11.5 Å². The first-order chi connectivity index (χ1) is 20.2. The second-order valence-corrected chi connectivity index (χ2v) is 12.0. The molecule has 0 fully saturated rings. The molecule has 0 N–H and O–H groups in total. The number of ether oxygens (including phenoxy) is 6. The molecule has 0 aliphatic carbocycles. The molecule has 0 amide bonds. The first kappa shape index (κ1) is 30.5. The lowest BCUT2D eigenvalue weighted by atomic mass is 10.0. The van der Waals surface area contributed by atoms with Crippen molar-refractivity contribution in [3.8, 4) is 11.5 Å². The average Bonchev–Trinajstić information content (AvgIpc) is 2.94. The van der Waals surface area contributed by atoms with Crippen LogP contribution in [0.1, 0.15) is 85.3 Å². The smallest absolute Gasteiger partial charge is 0.130 e. The highest BCUT2D eigenvalue weighted by Gasteiger charge is 2.20. The van der Waals surface area contributed by atoms with E-state index >= 15 is 0 Å². The molecule has 1 aromatic heterocycles. The average molecular weight is 576 g/mol. The summed E-state index contributed by atoms with van der Waals surface area (Å²) in [6, 6.07) is 14.5. The van der Waals surface area contributed by atoms with Gasteiger partial charge in [0.2, 0.25) is 0 Å². The molecule has 0 unspecified atom stereocenters. The Morgan fingerprint density at radius 1 is 0.524 bits per heavy atom. The van der Waals surface area contributed by atoms with E-state index in [0.717, 1.165) is 69.1 Å². The van der Waals surface area contributed by atoms with Gasteiger partial charge in [0, 0.05) is 22.3 Å². The zero-order valence-electron chi connectivity index (χ0n) is 25.9. The molecule has 4 atom stereocenters. The van der Waals surface area contributed by atoms with Crippen molar-refractivity contribution in [3.63, 3.8) is 0 Å². The SMILES string of the molecule is Cc1cc2c3c(c1)CO[C@H](C)C[C@@H](C)OCc1cc(C)cc(c1OCc1cccc(n1)CO3)CO[C@H](C)C[C@@H](C)OC2. The lowest BCUT2D eigenvalue weighted by Crippen LogP contribution is -2.20. The van der Waals surface area contributed by atoms with E-state index in [9.17, 15) is 0 Å². The lowest BCUT2D eigenvalue weighted by molar-refractivity contribution is -0.0191. The molecule has 3 heterocycles. The van der Waals surface area contributed by atoms with Crippen LogP contribution in [0, 0.1) is 13.8 Å².